The minimum atomic E-state index is -0.556. The van der Waals surface area contributed by atoms with Crippen LogP contribution in [-0.4, -0.2) is 18.6 Å². The van der Waals surface area contributed by atoms with Crippen molar-refractivity contribution >= 4 is 5.97 Å². The Bertz CT molecular complexity index is 117. The third-order valence-electron chi connectivity index (χ3n) is 1.11. The van der Waals surface area contributed by atoms with E-state index in [0.717, 1.165) is 0 Å². The van der Waals surface area contributed by atoms with Crippen LogP contribution in [-0.2, 0) is 42.2 Å². The van der Waals surface area contributed by atoms with E-state index in [9.17, 15) is 4.79 Å². The Morgan fingerprint density at radius 2 is 2.09 bits per heavy atom. The number of nitrogens with two attached hydrogens (primary N) is 1. The number of esters is 1. The summed E-state index contributed by atoms with van der Waals surface area (Å²) in [5.74, 6) is -0.940. The van der Waals surface area contributed by atoms with Crippen molar-refractivity contribution in [3.05, 3.63) is 13.8 Å². The fraction of sp³-hybridized carbons (Fsp3) is 0.571. The number of carbonyl (C=O) groups is 1. The first-order valence-corrected chi connectivity index (χ1v) is 3.18. The zero-order valence-electron chi connectivity index (χ0n) is 6.75. The van der Waals surface area contributed by atoms with E-state index in [-0.39, 0.29) is 38.7 Å². The van der Waals surface area contributed by atoms with Crippen molar-refractivity contribution < 1.29 is 42.2 Å². The van der Waals surface area contributed by atoms with Gasteiger partial charge in [0.2, 0.25) is 0 Å². The van der Waals surface area contributed by atoms with Gasteiger partial charge in [0.05, 0.1) is 6.61 Å². The minimum absolute atomic E-state index is 0. The molecule has 0 aromatic carbocycles. The predicted molar refractivity (Wildman–Crippen MR) is 38.8 cm³/mol. The summed E-state index contributed by atoms with van der Waals surface area (Å²) in [5.41, 5.74) is 5.29. The molecule has 0 rings (SSSR count). The average Bonchev–Trinajstić information content (AvgIpc) is 1.87. The molecular formula is C7H13NO2Y-2. The second-order valence-corrected chi connectivity index (χ2v) is 2.02. The van der Waals surface area contributed by atoms with Crippen LogP contribution in [0.2, 0.25) is 0 Å². The number of carbonyl (C=O) groups excluding carboxylic acids is 1. The van der Waals surface area contributed by atoms with Crippen LogP contribution in [0.1, 0.15) is 6.92 Å². The van der Waals surface area contributed by atoms with Crippen molar-refractivity contribution in [3.63, 3.8) is 0 Å². The number of hydrogen-bond donors (Lipinski definition) is 1. The Morgan fingerprint density at radius 1 is 1.64 bits per heavy atom. The number of rotatable bonds is 3. The van der Waals surface area contributed by atoms with Gasteiger partial charge in [0.15, 0.2) is 0 Å². The molecule has 4 heteroatoms. The van der Waals surface area contributed by atoms with Crippen molar-refractivity contribution in [2.24, 2.45) is 11.7 Å². The molecule has 0 saturated heterocycles. The van der Waals surface area contributed by atoms with Gasteiger partial charge < -0.3 is 24.3 Å². The molecule has 2 unspecified atom stereocenters. The van der Waals surface area contributed by atoms with Crippen LogP contribution in [0.4, 0.5) is 0 Å². The molecule has 11 heavy (non-hydrogen) atoms. The monoisotopic (exact) mass is 232 g/mol. The van der Waals surface area contributed by atoms with Gasteiger partial charge in [-0.15, -0.1) is 6.04 Å². The Labute approximate surface area is 92.9 Å². The van der Waals surface area contributed by atoms with Crippen molar-refractivity contribution in [3.8, 4) is 0 Å². The van der Waals surface area contributed by atoms with Crippen LogP contribution in [0.5, 0.6) is 0 Å². The van der Waals surface area contributed by atoms with E-state index in [1.54, 1.807) is 6.92 Å². The van der Waals surface area contributed by atoms with Crippen LogP contribution >= 0.6 is 0 Å². The molecule has 1 radical (unpaired) electrons. The molecular weight excluding hydrogens is 219 g/mol. The molecule has 0 fully saturated rings. The molecule has 0 bridgehead atoms. The fourth-order valence-corrected chi connectivity index (χ4v) is 0.424. The van der Waals surface area contributed by atoms with E-state index in [1.165, 1.54) is 0 Å². The molecule has 0 amide bonds. The fourth-order valence-electron chi connectivity index (χ4n) is 0.424. The van der Waals surface area contributed by atoms with Crippen LogP contribution in [0, 0.1) is 19.8 Å². The van der Waals surface area contributed by atoms with Gasteiger partial charge in [-0.25, -0.2) is 0 Å². The molecule has 0 spiro atoms. The van der Waals surface area contributed by atoms with Crippen LogP contribution in [0.15, 0.2) is 0 Å². The topological polar surface area (TPSA) is 52.3 Å². The predicted octanol–water partition coefficient (Wildman–Crippen LogP) is 0.159. The Balaban J connectivity index is 0. The van der Waals surface area contributed by atoms with Crippen molar-refractivity contribution in [1.29, 1.82) is 0 Å². The second kappa shape index (κ2) is 7.20. The Hall–Kier alpha value is 0.534. The molecule has 0 aromatic rings. The van der Waals surface area contributed by atoms with Crippen molar-refractivity contribution in [2.75, 3.05) is 6.61 Å². The van der Waals surface area contributed by atoms with Crippen LogP contribution in [0.3, 0.4) is 0 Å². The molecule has 2 atom stereocenters. The van der Waals surface area contributed by atoms with Gasteiger partial charge in [0, 0.05) is 32.7 Å². The van der Waals surface area contributed by atoms with E-state index in [1.807, 2.05) is 0 Å². The van der Waals surface area contributed by atoms with Gasteiger partial charge in [-0.1, -0.05) is 5.92 Å². The first-order chi connectivity index (χ1) is 4.59. The van der Waals surface area contributed by atoms with Gasteiger partial charge >= 0.3 is 0 Å². The Kier molecular flexibility index (Phi) is 9.21. The number of ether oxygens (including phenoxy) is 1. The minimum Gasteiger partial charge on any atom is -0.468 e. The largest absolute Gasteiger partial charge is 0.468 e. The normalized spacial score (nSPS) is 14.5. The van der Waals surface area contributed by atoms with E-state index >= 15 is 0 Å². The zero-order valence-corrected chi connectivity index (χ0v) is 9.59. The zero-order chi connectivity index (χ0) is 8.15. The maximum Gasteiger partial charge on any atom is 0.277 e. The maximum atomic E-state index is 10.8. The third kappa shape index (κ3) is 5.77. The summed E-state index contributed by atoms with van der Waals surface area (Å²) in [6.45, 7) is 9.04. The number of hydrogen-bond acceptors (Lipinski definition) is 3. The summed E-state index contributed by atoms with van der Waals surface area (Å²) >= 11 is 0. The Morgan fingerprint density at radius 3 is 2.36 bits per heavy atom. The average molecular weight is 232 g/mol. The quantitative estimate of drug-likeness (QED) is 0.557. The molecule has 0 saturated carbocycles. The SMILES string of the molecule is [CH2-]C(N)C([CH2-])C(=O)OCC.[Y]. The molecule has 0 aliphatic heterocycles. The summed E-state index contributed by atoms with van der Waals surface area (Å²) in [4.78, 5) is 10.8. The van der Waals surface area contributed by atoms with Crippen LogP contribution < -0.4 is 5.73 Å². The molecule has 0 aromatic heterocycles. The van der Waals surface area contributed by atoms with Gasteiger partial charge in [-0.2, -0.15) is 0 Å². The molecule has 2 N–H and O–H groups in total. The van der Waals surface area contributed by atoms with E-state index in [2.05, 4.69) is 18.6 Å². The van der Waals surface area contributed by atoms with Gasteiger partial charge in [0.25, 0.3) is 5.97 Å². The molecule has 0 aliphatic carbocycles. The van der Waals surface area contributed by atoms with E-state index in [0.29, 0.717) is 6.61 Å². The molecule has 63 valence electrons. The summed E-state index contributed by atoms with van der Waals surface area (Å²) < 4.78 is 4.64. The second-order valence-electron chi connectivity index (χ2n) is 2.02. The summed E-state index contributed by atoms with van der Waals surface area (Å²) in [7, 11) is 0. The maximum absolute atomic E-state index is 10.8. The molecule has 0 heterocycles. The van der Waals surface area contributed by atoms with Gasteiger partial charge in [-0.3, -0.25) is 4.79 Å². The summed E-state index contributed by atoms with van der Waals surface area (Å²) in [5, 5.41) is 0. The first-order valence-electron chi connectivity index (χ1n) is 3.18. The first kappa shape index (κ1) is 14.1. The summed E-state index contributed by atoms with van der Waals surface area (Å²) in [6, 6.07) is -0.487. The third-order valence-corrected chi connectivity index (χ3v) is 1.11. The molecule has 3 nitrogen and oxygen atoms in total. The van der Waals surface area contributed by atoms with Crippen molar-refractivity contribution in [2.45, 2.75) is 13.0 Å². The van der Waals surface area contributed by atoms with Crippen LogP contribution in [0.25, 0.3) is 0 Å². The van der Waals surface area contributed by atoms with E-state index < -0.39 is 12.0 Å². The smallest absolute Gasteiger partial charge is 0.277 e. The standard InChI is InChI=1S/C7H13NO2.Y/c1-4-10-7(9)5(2)6(3)8;/h5-6H,2-4,8H2,1H3;/q-2;. The van der Waals surface area contributed by atoms with Crippen molar-refractivity contribution in [1.82, 2.24) is 0 Å². The van der Waals surface area contributed by atoms with Gasteiger partial charge in [0.1, 0.15) is 0 Å². The summed E-state index contributed by atoms with van der Waals surface area (Å²) in [6.07, 6.45) is 0. The van der Waals surface area contributed by atoms with E-state index in [4.69, 9.17) is 5.73 Å². The van der Waals surface area contributed by atoms with Gasteiger partial charge in [-0.05, 0) is 6.92 Å². The molecule has 0 aliphatic rings.